The predicted octanol–water partition coefficient (Wildman–Crippen LogP) is 6.05. The fourth-order valence-corrected chi connectivity index (χ4v) is 4.69. The third-order valence-corrected chi connectivity index (χ3v) is 6.53. The molecular formula is C32H28NO5+. The van der Waals surface area contributed by atoms with E-state index < -0.39 is 0 Å². The Morgan fingerprint density at radius 1 is 0.632 bits per heavy atom. The van der Waals surface area contributed by atoms with Crippen molar-refractivity contribution >= 4 is 16.6 Å². The Hall–Kier alpha value is -4.84. The van der Waals surface area contributed by atoms with Crippen LogP contribution in [0.3, 0.4) is 0 Å². The van der Waals surface area contributed by atoms with Gasteiger partial charge in [-0.05, 0) is 42.5 Å². The van der Waals surface area contributed by atoms with Gasteiger partial charge in [0.15, 0.2) is 29.2 Å². The molecule has 0 N–H and O–H groups in total. The Balaban J connectivity index is 1.92. The molecule has 0 radical (unpaired) electrons. The standard InChI is InChI=1S/C32H28NO5/c1-35-26-16-15-22(17-27(26)36-2)32(34)30-25-19-29(38-4)28(37-3)18-23(25)20-33(24-13-9-6-10-14-24)31(30)21-11-7-5-8-12-21/h5-20H,1-4H3/q+1. The van der Waals surface area contributed by atoms with Crippen molar-refractivity contribution in [1.29, 1.82) is 0 Å². The van der Waals surface area contributed by atoms with Crippen molar-refractivity contribution in [3.8, 4) is 39.9 Å². The van der Waals surface area contributed by atoms with E-state index in [-0.39, 0.29) is 5.78 Å². The van der Waals surface area contributed by atoms with Gasteiger partial charge in [0.25, 0.3) is 0 Å². The lowest BCUT2D eigenvalue weighted by molar-refractivity contribution is -0.582. The molecule has 190 valence electrons. The highest BCUT2D eigenvalue weighted by molar-refractivity contribution is 6.19. The number of aromatic nitrogens is 1. The first kappa shape index (κ1) is 24.8. The van der Waals surface area contributed by atoms with Gasteiger partial charge < -0.3 is 18.9 Å². The molecule has 6 heteroatoms. The molecule has 0 aliphatic rings. The van der Waals surface area contributed by atoms with Crippen LogP contribution in [0.25, 0.3) is 27.7 Å². The van der Waals surface area contributed by atoms with Crippen molar-refractivity contribution in [2.45, 2.75) is 0 Å². The normalized spacial score (nSPS) is 10.7. The van der Waals surface area contributed by atoms with Crippen LogP contribution in [-0.2, 0) is 0 Å². The molecule has 0 amide bonds. The SMILES string of the molecule is COc1ccc(C(=O)c2c(-c3ccccc3)[n+](-c3ccccc3)cc3cc(OC)c(OC)cc23)cc1OC. The molecule has 1 heterocycles. The Morgan fingerprint density at radius 3 is 1.84 bits per heavy atom. The maximum atomic E-state index is 14.5. The molecule has 0 atom stereocenters. The van der Waals surface area contributed by atoms with Crippen molar-refractivity contribution < 1.29 is 28.3 Å². The topological polar surface area (TPSA) is 57.9 Å². The molecular weight excluding hydrogens is 478 g/mol. The maximum Gasteiger partial charge on any atom is 0.230 e. The van der Waals surface area contributed by atoms with E-state index in [1.165, 1.54) is 0 Å². The average molecular weight is 507 g/mol. The number of hydrogen-bond donors (Lipinski definition) is 0. The van der Waals surface area contributed by atoms with Gasteiger partial charge in [0.2, 0.25) is 17.2 Å². The first-order valence-electron chi connectivity index (χ1n) is 12.1. The van der Waals surface area contributed by atoms with Crippen molar-refractivity contribution in [3.63, 3.8) is 0 Å². The summed E-state index contributed by atoms with van der Waals surface area (Å²) in [5.74, 6) is 1.99. The lowest BCUT2D eigenvalue weighted by atomic mass is 9.92. The molecule has 0 bridgehead atoms. The molecule has 0 spiro atoms. The van der Waals surface area contributed by atoms with Crippen LogP contribution in [0.2, 0.25) is 0 Å². The molecule has 6 nitrogen and oxygen atoms in total. The molecule has 0 unspecified atom stereocenters. The highest BCUT2D eigenvalue weighted by Crippen LogP contribution is 2.38. The van der Waals surface area contributed by atoms with Gasteiger partial charge in [-0.15, -0.1) is 0 Å². The zero-order valence-electron chi connectivity index (χ0n) is 21.7. The van der Waals surface area contributed by atoms with Gasteiger partial charge in [0.1, 0.15) is 5.56 Å². The lowest BCUT2D eigenvalue weighted by Gasteiger charge is -2.16. The van der Waals surface area contributed by atoms with E-state index in [9.17, 15) is 4.79 Å². The molecule has 1 aromatic heterocycles. The van der Waals surface area contributed by atoms with Crippen molar-refractivity contribution in [3.05, 3.63) is 108 Å². The molecule has 5 rings (SSSR count). The van der Waals surface area contributed by atoms with E-state index in [2.05, 4.69) is 4.57 Å². The largest absolute Gasteiger partial charge is 0.493 e. The van der Waals surface area contributed by atoms with Gasteiger partial charge in [0, 0.05) is 28.6 Å². The van der Waals surface area contributed by atoms with Gasteiger partial charge >= 0.3 is 0 Å². The summed E-state index contributed by atoms with van der Waals surface area (Å²) in [6, 6.07) is 28.8. The summed E-state index contributed by atoms with van der Waals surface area (Å²) >= 11 is 0. The summed E-state index contributed by atoms with van der Waals surface area (Å²) in [6.07, 6.45) is 2.03. The van der Waals surface area contributed by atoms with Crippen LogP contribution < -0.4 is 23.5 Å². The minimum Gasteiger partial charge on any atom is -0.493 e. The van der Waals surface area contributed by atoms with Gasteiger partial charge in [-0.1, -0.05) is 36.4 Å². The number of methoxy groups -OCH3 is 4. The minimum absolute atomic E-state index is 0.160. The first-order chi connectivity index (χ1) is 18.6. The summed E-state index contributed by atoms with van der Waals surface area (Å²) in [4.78, 5) is 14.5. The lowest BCUT2D eigenvalue weighted by Crippen LogP contribution is -2.35. The second-order valence-corrected chi connectivity index (χ2v) is 8.62. The van der Waals surface area contributed by atoms with Crippen LogP contribution in [0.15, 0.2) is 97.2 Å². The van der Waals surface area contributed by atoms with Crippen molar-refractivity contribution in [1.82, 2.24) is 0 Å². The van der Waals surface area contributed by atoms with Crippen LogP contribution >= 0.6 is 0 Å². The number of ketones is 1. The average Bonchev–Trinajstić information content (AvgIpc) is 2.99. The Labute approximate surface area is 221 Å². The Bertz CT molecular complexity index is 1610. The number of carbonyl (C=O) groups excluding carboxylic acids is 1. The zero-order valence-corrected chi connectivity index (χ0v) is 21.7. The third kappa shape index (κ3) is 4.41. The molecule has 0 aliphatic carbocycles. The zero-order chi connectivity index (χ0) is 26.6. The van der Waals surface area contributed by atoms with Crippen LogP contribution in [0.5, 0.6) is 23.0 Å². The highest BCUT2D eigenvalue weighted by Gasteiger charge is 2.30. The summed E-state index contributed by atoms with van der Waals surface area (Å²) in [7, 11) is 6.31. The predicted molar refractivity (Wildman–Crippen MR) is 147 cm³/mol. The summed E-state index contributed by atoms with van der Waals surface area (Å²) < 4.78 is 24.2. The number of benzene rings is 4. The molecule has 0 saturated heterocycles. The van der Waals surface area contributed by atoms with Gasteiger partial charge in [-0.25, -0.2) is 0 Å². The molecule has 0 fully saturated rings. The van der Waals surface area contributed by atoms with E-state index in [4.69, 9.17) is 18.9 Å². The number of para-hydroxylation sites is 1. The van der Waals surface area contributed by atoms with Crippen molar-refractivity contribution in [2.75, 3.05) is 28.4 Å². The van der Waals surface area contributed by atoms with E-state index in [0.717, 1.165) is 27.7 Å². The Kier molecular flexibility index (Phi) is 6.96. The molecule has 0 aliphatic heterocycles. The van der Waals surface area contributed by atoms with Gasteiger partial charge in [-0.3, -0.25) is 4.79 Å². The Morgan fingerprint density at radius 2 is 1.21 bits per heavy atom. The summed E-state index contributed by atoms with van der Waals surface area (Å²) in [6.45, 7) is 0. The quantitative estimate of drug-likeness (QED) is 0.189. The summed E-state index contributed by atoms with van der Waals surface area (Å²) in [5.41, 5.74) is 3.59. The van der Waals surface area contributed by atoms with Crippen LogP contribution in [0.4, 0.5) is 0 Å². The molecule has 0 saturated carbocycles. The number of pyridine rings is 1. The molecule has 5 aromatic rings. The van der Waals surface area contributed by atoms with E-state index in [1.807, 2.05) is 79.0 Å². The van der Waals surface area contributed by atoms with Crippen LogP contribution in [0.1, 0.15) is 15.9 Å². The first-order valence-corrected chi connectivity index (χ1v) is 12.1. The number of hydrogen-bond acceptors (Lipinski definition) is 5. The fraction of sp³-hybridized carbons (Fsp3) is 0.125. The smallest absolute Gasteiger partial charge is 0.230 e. The number of rotatable bonds is 8. The highest BCUT2D eigenvalue weighted by atomic mass is 16.5. The van der Waals surface area contributed by atoms with Gasteiger partial charge in [0.05, 0.1) is 33.8 Å². The fourth-order valence-electron chi connectivity index (χ4n) is 4.69. The van der Waals surface area contributed by atoms with Gasteiger partial charge in [-0.2, -0.15) is 4.57 Å². The number of nitrogens with zero attached hydrogens (tertiary/aromatic N) is 1. The van der Waals surface area contributed by atoms with Crippen LogP contribution in [0, 0.1) is 0 Å². The van der Waals surface area contributed by atoms with Crippen molar-refractivity contribution in [2.24, 2.45) is 0 Å². The summed E-state index contributed by atoms with van der Waals surface area (Å²) in [5, 5.41) is 1.57. The number of fused-ring (bicyclic) bond motifs is 1. The van der Waals surface area contributed by atoms with E-state index >= 15 is 0 Å². The van der Waals surface area contributed by atoms with E-state index in [1.54, 1.807) is 46.6 Å². The molecule has 4 aromatic carbocycles. The number of carbonyl (C=O) groups is 1. The van der Waals surface area contributed by atoms with Crippen LogP contribution in [-0.4, -0.2) is 34.2 Å². The maximum absolute atomic E-state index is 14.5. The minimum atomic E-state index is -0.160. The third-order valence-electron chi connectivity index (χ3n) is 6.53. The molecule has 38 heavy (non-hydrogen) atoms. The second-order valence-electron chi connectivity index (χ2n) is 8.62. The second kappa shape index (κ2) is 10.6. The monoisotopic (exact) mass is 506 g/mol. The van der Waals surface area contributed by atoms with E-state index in [0.29, 0.717) is 34.1 Å². The number of ether oxygens (including phenoxy) is 4.